The molecule has 0 bridgehead atoms. The van der Waals surface area contributed by atoms with Gasteiger partial charge in [0, 0.05) is 18.4 Å². The van der Waals surface area contributed by atoms with E-state index in [0.717, 1.165) is 12.1 Å². The van der Waals surface area contributed by atoms with E-state index in [-0.39, 0.29) is 24.3 Å². The van der Waals surface area contributed by atoms with Crippen LogP contribution in [0.2, 0.25) is 0 Å². The molecule has 0 spiro atoms. The Morgan fingerprint density at radius 3 is 2.25 bits per heavy atom. The van der Waals surface area contributed by atoms with E-state index in [1.54, 1.807) is 6.92 Å². The summed E-state index contributed by atoms with van der Waals surface area (Å²) in [5.74, 6) is -3.22. The second-order valence-electron chi connectivity index (χ2n) is 4.83. The Balaban J connectivity index is 2.64. The van der Waals surface area contributed by atoms with E-state index < -0.39 is 29.6 Å². The van der Waals surface area contributed by atoms with E-state index in [1.165, 1.54) is 13.0 Å². The van der Waals surface area contributed by atoms with Crippen LogP contribution < -0.4 is 5.32 Å². The lowest BCUT2D eigenvalue weighted by molar-refractivity contribution is -0.138. The Labute approximate surface area is 115 Å². The summed E-state index contributed by atoms with van der Waals surface area (Å²) in [6.07, 6.45) is -0.136. The third kappa shape index (κ3) is 4.60. The first-order valence-electron chi connectivity index (χ1n) is 6.26. The number of aliphatic carboxylic acids is 1. The third-order valence-corrected chi connectivity index (χ3v) is 2.87. The van der Waals surface area contributed by atoms with Crippen LogP contribution in [0.5, 0.6) is 0 Å². The average Bonchev–Trinajstić information content (AvgIpc) is 2.26. The Morgan fingerprint density at radius 1 is 1.20 bits per heavy atom. The van der Waals surface area contributed by atoms with Crippen LogP contribution in [0.3, 0.4) is 0 Å². The van der Waals surface area contributed by atoms with Crippen LogP contribution in [-0.4, -0.2) is 17.0 Å². The lowest BCUT2D eigenvalue weighted by atomic mass is 10.0. The van der Waals surface area contributed by atoms with Gasteiger partial charge in [-0.05, 0) is 25.0 Å². The van der Waals surface area contributed by atoms with E-state index in [0.29, 0.717) is 0 Å². The lowest BCUT2D eigenvalue weighted by Gasteiger charge is -2.17. The summed E-state index contributed by atoms with van der Waals surface area (Å²) in [7, 11) is 0. The largest absolute Gasteiger partial charge is 0.481 e. The van der Waals surface area contributed by atoms with Crippen LogP contribution in [0.4, 0.5) is 8.78 Å². The van der Waals surface area contributed by atoms with E-state index >= 15 is 0 Å². The molecule has 0 aliphatic carbocycles. The number of carbonyl (C=O) groups excluding carboxylic acids is 1. The van der Waals surface area contributed by atoms with Gasteiger partial charge in [0.25, 0.3) is 0 Å². The third-order valence-electron chi connectivity index (χ3n) is 2.87. The van der Waals surface area contributed by atoms with Gasteiger partial charge in [0.2, 0.25) is 5.91 Å². The highest BCUT2D eigenvalue weighted by Crippen LogP contribution is 2.20. The number of amides is 1. The summed E-state index contributed by atoms with van der Waals surface area (Å²) in [5, 5.41) is 11.1. The predicted octanol–water partition coefficient (Wildman–Crippen LogP) is 2.64. The monoisotopic (exact) mass is 285 g/mol. The number of hydrogen-bond donors (Lipinski definition) is 2. The second-order valence-corrected chi connectivity index (χ2v) is 4.83. The van der Waals surface area contributed by atoms with Crippen LogP contribution in [0, 0.1) is 17.6 Å². The molecule has 0 heterocycles. The van der Waals surface area contributed by atoms with Crippen molar-refractivity contribution in [3.63, 3.8) is 0 Å². The van der Waals surface area contributed by atoms with Crippen molar-refractivity contribution < 1.29 is 23.5 Å². The van der Waals surface area contributed by atoms with Crippen molar-refractivity contribution in [2.24, 2.45) is 5.92 Å². The Bertz CT molecular complexity index is 485. The molecule has 2 unspecified atom stereocenters. The number of rotatable bonds is 6. The molecule has 0 radical (unpaired) electrons. The Morgan fingerprint density at radius 2 is 1.75 bits per heavy atom. The summed E-state index contributed by atoms with van der Waals surface area (Å²) >= 11 is 0. The van der Waals surface area contributed by atoms with Gasteiger partial charge < -0.3 is 10.4 Å². The molecule has 6 heteroatoms. The molecule has 0 aromatic heterocycles. The molecule has 1 aromatic rings. The van der Waals surface area contributed by atoms with Gasteiger partial charge >= 0.3 is 5.97 Å². The molecule has 1 rings (SSSR count). The highest BCUT2D eigenvalue weighted by Gasteiger charge is 2.19. The summed E-state index contributed by atoms with van der Waals surface area (Å²) in [6, 6.07) is 2.67. The summed E-state index contributed by atoms with van der Waals surface area (Å²) < 4.78 is 27.0. The molecule has 0 saturated carbocycles. The van der Waals surface area contributed by atoms with Gasteiger partial charge in [0.1, 0.15) is 11.6 Å². The predicted molar refractivity (Wildman–Crippen MR) is 68.9 cm³/mol. The molecule has 4 nitrogen and oxygen atoms in total. The van der Waals surface area contributed by atoms with Gasteiger partial charge in [-0.25, -0.2) is 8.78 Å². The maximum atomic E-state index is 13.5. The molecule has 1 amide bonds. The SMILES string of the molecule is CC(CC(=O)O)CC(=O)NC(C)c1c(F)cccc1F. The molecule has 110 valence electrons. The van der Waals surface area contributed by atoms with Gasteiger partial charge in [-0.15, -0.1) is 0 Å². The molecule has 0 aliphatic rings. The van der Waals surface area contributed by atoms with Crippen molar-refractivity contribution in [2.45, 2.75) is 32.7 Å². The molecule has 1 aromatic carbocycles. The van der Waals surface area contributed by atoms with Crippen LogP contribution in [-0.2, 0) is 9.59 Å². The minimum atomic E-state index is -0.988. The zero-order chi connectivity index (χ0) is 15.3. The quantitative estimate of drug-likeness (QED) is 0.844. The van der Waals surface area contributed by atoms with Gasteiger partial charge in [0.05, 0.1) is 6.04 Å². The standard InChI is InChI=1S/C14H17F2NO3/c1-8(7-13(19)20)6-12(18)17-9(2)14-10(15)4-3-5-11(14)16/h3-5,8-9H,6-7H2,1-2H3,(H,17,18)(H,19,20). The number of benzene rings is 1. The minimum Gasteiger partial charge on any atom is -0.481 e. The van der Waals surface area contributed by atoms with Gasteiger partial charge in [-0.1, -0.05) is 13.0 Å². The first-order chi connectivity index (χ1) is 9.31. The first-order valence-corrected chi connectivity index (χ1v) is 6.26. The van der Waals surface area contributed by atoms with Crippen LogP contribution in [0.15, 0.2) is 18.2 Å². The Kier molecular flexibility index (Phi) is 5.61. The maximum Gasteiger partial charge on any atom is 0.303 e. The summed E-state index contributed by atoms with van der Waals surface area (Å²) in [5.41, 5.74) is -0.202. The molecule has 0 fully saturated rings. The van der Waals surface area contributed by atoms with E-state index in [2.05, 4.69) is 5.32 Å². The van der Waals surface area contributed by atoms with Crippen molar-refractivity contribution in [1.82, 2.24) is 5.32 Å². The number of halogens is 2. The molecule has 20 heavy (non-hydrogen) atoms. The minimum absolute atomic E-state index is 0.00723. The smallest absolute Gasteiger partial charge is 0.303 e. The van der Waals surface area contributed by atoms with Gasteiger partial charge in [-0.3, -0.25) is 9.59 Å². The van der Waals surface area contributed by atoms with Crippen molar-refractivity contribution in [2.75, 3.05) is 0 Å². The first kappa shape index (κ1) is 16.1. The topological polar surface area (TPSA) is 66.4 Å². The van der Waals surface area contributed by atoms with Gasteiger partial charge in [0.15, 0.2) is 0 Å². The normalized spacial score (nSPS) is 13.6. The fourth-order valence-corrected chi connectivity index (χ4v) is 1.98. The molecule has 2 N–H and O–H groups in total. The lowest BCUT2D eigenvalue weighted by Crippen LogP contribution is -2.29. The zero-order valence-corrected chi connectivity index (χ0v) is 11.3. The maximum absolute atomic E-state index is 13.5. The van der Waals surface area contributed by atoms with Crippen LogP contribution in [0.1, 0.15) is 38.3 Å². The van der Waals surface area contributed by atoms with Crippen LogP contribution in [0.25, 0.3) is 0 Å². The Hall–Kier alpha value is -1.98. The van der Waals surface area contributed by atoms with Crippen molar-refractivity contribution in [3.05, 3.63) is 35.4 Å². The highest BCUT2D eigenvalue weighted by molar-refractivity contribution is 5.77. The number of hydrogen-bond acceptors (Lipinski definition) is 2. The fourth-order valence-electron chi connectivity index (χ4n) is 1.98. The summed E-state index contributed by atoms with van der Waals surface area (Å²) in [6.45, 7) is 3.10. The molecule has 0 aliphatic heterocycles. The zero-order valence-electron chi connectivity index (χ0n) is 11.3. The fraction of sp³-hybridized carbons (Fsp3) is 0.429. The van der Waals surface area contributed by atoms with E-state index in [9.17, 15) is 18.4 Å². The van der Waals surface area contributed by atoms with Crippen molar-refractivity contribution in [3.8, 4) is 0 Å². The van der Waals surface area contributed by atoms with Crippen molar-refractivity contribution >= 4 is 11.9 Å². The van der Waals surface area contributed by atoms with E-state index in [1.807, 2.05) is 0 Å². The van der Waals surface area contributed by atoms with Crippen LogP contribution >= 0.6 is 0 Å². The summed E-state index contributed by atoms with van der Waals surface area (Å²) in [4.78, 5) is 22.2. The molecular formula is C14H17F2NO3. The number of nitrogens with one attached hydrogen (secondary N) is 1. The van der Waals surface area contributed by atoms with E-state index in [4.69, 9.17) is 5.11 Å². The number of carbonyl (C=O) groups is 2. The number of carboxylic acids is 1. The molecule has 2 atom stereocenters. The molecule has 0 saturated heterocycles. The van der Waals surface area contributed by atoms with Crippen molar-refractivity contribution in [1.29, 1.82) is 0 Å². The van der Waals surface area contributed by atoms with Gasteiger partial charge in [-0.2, -0.15) is 0 Å². The highest BCUT2D eigenvalue weighted by atomic mass is 19.1. The average molecular weight is 285 g/mol. The number of carboxylic acid groups (broad SMARTS) is 1. The second kappa shape index (κ2) is 6.98. The molecular weight excluding hydrogens is 268 g/mol.